The van der Waals surface area contributed by atoms with E-state index >= 15 is 0 Å². The number of thiophene rings is 2. The number of aliphatic hydroxyl groups is 3. The first kappa shape index (κ1) is 18.6. The summed E-state index contributed by atoms with van der Waals surface area (Å²) in [7, 11) is 0. The molecule has 4 atom stereocenters. The molecule has 1 saturated heterocycles. The first-order valence-electron chi connectivity index (χ1n) is 8.83. The lowest BCUT2D eigenvalue weighted by Crippen LogP contribution is -2.33. The molecular weight excluding hydrogens is 414 g/mol. The van der Waals surface area contributed by atoms with Crippen LogP contribution in [-0.4, -0.2) is 59.8 Å². The highest BCUT2D eigenvalue weighted by Gasteiger charge is 2.44. The number of anilines is 1. The van der Waals surface area contributed by atoms with Crippen molar-refractivity contribution in [1.82, 2.24) is 19.5 Å². The lowest BCUT2D eigenvalue weighted by Gasteiger charge is -2.16. The number of hydrogen-bond acceptors (Lipinski definition) is 10. The van der Waals surface area contributed by atoms with Gasteiger partial charge < -0.3 is 25.8 Å². The van der Waals surface area contributed by atoms with Crippen LogP contribution in [0.2, 0.25) is 0 Å². The normalized spacial score (nSPS) is 24.5. The van der Waals surface area contributed by atoms with Gasteiger partial charge in [0, 0.05) is 9.75 Å². The molecule has 4 aromatic heterocycles. The van der Waals surface area contributed by atoms with Gasteiger partial charge in [0.25, 0.3) is 0 Å². The van der Waals surface area contributed by atoms with Crippen LogP contribution in [0.5, 0.6) is 0 Å². The van der Waals surface area contributed by atoms with Crippen molar-refractivity contribution in [3.63, 3.8) is 0 Å². The summed E-state index contributed by atoms with van der Waals surface area (Å²) >= 11 is 3.24. The van der Waals surface area contributed by atoms with E-state index in [2.05, 4.69) is 21.0 Å². The van der Waals surface area contributed by atoms with Crippen molar-refractivity contribution in [2.24, 2.45) is 0 Å². The van der Waals surface area contributed by atoms with Gasteiger partial charge in [-0.05, 0) is 23.6 Å². The number of nitrogens with two attached hydrogens (primary N) is 1. The minimum absolute atomic E-state index is 0.0621. The molecule has 5 heterocycles. The highest BCUT2D eigenvalue weighted by atomic mass is 32.1. The van der Waals surface area contributed by atoms with Crippen LogP contribution in [0, 0.1) is 0 Å². The van der Waals surface area contributed by atoms with E-state index in [0.29, 0.717) is 16.9 Å². The van der Waals surface area contributed by atoms with Crippen molar-refractivity contribution in [1.29, 1.82) is 0 Å². The van der Waals surface area contributed by atoms with Gasteiger partial charge >= 0.3 is 0 Å². The maximum Gasteiger partial charge on any atom is 0.222 e. The van der Waals surface area contributed by atoms with Gasteiger partial charge in [-0.2, -0.15) is 4.98 Å². The average Bonchev–Trinajstić information content (AvgIpc) is 3.49. The van der Waals surface area contributed by atoms with Gasteiger partial charge in [0.2, 0.25) is 5.95 Å². The Balaban J connectivity index is 1.59. The predicted molar refractivity (Wildman–Crippen MR) is 109 cm³/mol. The Morgan fingerprint density at radius 3 is 2.66 bits per heavy atom. The number of nitrogens with zero attached hydrogens (tertiary/aromatic N) is 4. The molecule has 1 aliphatic heterocycles. The smallest absolute Gasteiger partial charge is 0.222 e. The van der Waals surface area contributed by atoms with Crippen LogP contribution in [0.4, 0.5) is 5.95 Å². The second kappa shape index (κ2) is 7.13. The second-order valence-electron chi connectivity index (χ2n) is 6.62. The number of aromatic nitrogens is 4. The minimum atomic E-state index is -1.24. The molecule has 0 aromatic carbocycles. The summed E-state index contributed by atoms with van der Waals surface area (Å²) in [5.41, 5.74) is 7.44. The number of hydrogen-bond donors (Lipinski definition) is 4. The predicted octanol–water partition coefficient (Wildman–Crippen LogP) is 1.48. The topological polar surface area (TPSA) is 140 Å². The van der Waals surface area contributed by atoms with Crippen molar-refractivity contribution in [3.05, 3.63) is 36.0 Å². The monoisotopic (exact) mass is 431 g/mol. The summed E-state index contributed by atoms with van der Waals surface area (Å²) in [5.74, 6) is 0.0621. The van der Waals surface area contributed by atoms with E-state index in [9.17, 15) is 15.3 Å². The van der Waals surface area contributed by atoms with Gasteiger partial charge in [-0.1, -0.05) is 6.07 Å². The molecule has 11 heteroatoms. The third-order valence-electron chi connectivity index (χ3n) is 4.83. The number of nitrogen functional groups attached to an aromatic ring is 1. The van der Waals surface area contributed by atoms with Crippen LogP contribution in [0.25, 0.3) is 31.5 Å². The maximum atomic E-state index is 10.3. The van der Waals surface area contributed by atoms with E-state index in [1.165, 1.54) is 10.9 Å². The first-order valence-corrected chi connectivity index (χ1v) is 10.5. The largest absolute Gasteiger partial charge is 0.394 e. The van der Waals surface area contributed by atoms with Gasteiger partial charge in [-0.3, -0.25) is 4.57 Å². The molecular formula is C18H17N5O4S2. The van der Waals surface area contributed by atoms with E-state index < -0.39 is 31.1 Å². The fourth-order valence-electron chi connectivity index (χ4n) is 3.42. The third kappa shape index (κ3) is 3.03. The average molecular weight is 431 g/mol. The van der Waals surface area contributed by atoms with Crippen LogP contribution in [0.1, 0.15) is 6.23 Å². The Hall–Kier alpha value is -2.41. The van der Waals surface area contributed by atoms with Gasteiger partial charge in [-0.25, -0.2) is 9.97 Å². The minimum Gasteiger partial charge on any atom is -0.394 e. The number of imidazole rings is 1. The van der Waals surface area contributed by atoms with Gasteiger partial charge in [0.05, 0.1) is 17.8 Å². The molecule has 150 valence electrons. The Labute approximate surface area is 172 Å². The Kier molecular flexibility index (Phi) is 4.57. The van der Waals surface area contributed by atoms with Crippen LogP contribution in [-0.2, 0) is 4.74 Å². The Morgan fingerprint density at radius 1 is 1.10 bits per heavy atom. The molecule has 1 fully saturated rings. The Bertz CT molecular complexity index is 1160. The Morgan fingerprint density at radius 2 is 1.93 bits per heavy atom. The van der Waals surface area contributed by atoms with Crippen molar-refractivity contribution < 1.29 is 20.1 Å². The molecule has 0 aliphatic carbocycles. The summed E-state index contributed by atoms with van der Waals surface area (Å²) in [6.07, 6.45) is -2.82. The molecule has 5 N–H and O–H groups in total. The van der Waals surface area contributed by atoms with Gasteiger partial charge in [-0.15, -0.1) is 22.7 Å². The standard InChI is InChI=1S/C18H17N5O4S2/c19-18-21-12(11-4-3-10(29-11)9-2-1-5-28-9)13-16(22-18)23(7-20-13)17-15(26)14(25)8(6-24)27-17/h1-5,7-8,14-15,17,24-26H,6H2,(H2,19,21,22)/t8-,14?,15+,17-/m1/s1. The number of fused-ring (bicyclic) bond motifs is 1. The van der Waals surface area contributed by atoms with Crippen LogP contribution < -0.4 is 5.73 Å². The molecule has 29 heavy (non-hydrogen) atoms. The van der Waals surface area contributed by atoms with Gasteiger partial charge in [0.15, 0.2) is 11.9 Å². The summed E-state index contributed by atoms with van der Waals surface area (Å²) in [5, 5.41) is 31.8. The number of aliphatic hydroxyl groups excluding tert-OH is 3. The van der Waals surface area contributed by atoms with E-state index in [-0.39, 0.29) is 5.95 Å². The molecule has 1 unspecified atom stereocenters. The van der Waals surface area contributed by atoms with E-state index in [4.69, 9.17) is 10.5 Å². The summed E-state index contributed by atoms with van der Waals surface area (Å²) in [6, 6.07) is 8.05. The molecule has 9 nitrogen and oxygen atoms in total. The lowest BCUT2D eigenvalue weighted by molar-refractivity contribution is -0.0511. The van der Waals surface area contributed by atoms with Crippen molar-refractivity contribution >= 4 is 39.8 Å². The molecule has 1 aliphatic rings. The SMILES string of the molecule is Nc1nc(-c2ccc(-c3cccs3)s2)c2ncn([C@@H]3O[C@H](CO)C(O)[C@@H]3O)c2n1. The third-order valence-corrected chi connectivity index (χ3v) is 6.99. The summed E-state index contributed by atoms with van der Waals surface area (Å²) in [6.45, 7) is -0.412. The van der Waals surface area contributed by atoms with Crippen molar-refractivity contribution in [2.45, 2.75) is 24.5 Å². The first-order chi connectivity index (χ1) is 14.1. The molecule has 0 saturated carbocycles. The van der Waals surface area contributed by atoms with Crippen molar-refractivity contribution in [3.8, 4) is 20.3 Å². The fraction of sp³-hybridized carbons (Fsp3) is 0.278. The summed E-state index contributed by atoms with van der Waals surface area (Å²) in [4.78, 5) is 16.2. The van der Waals surface area contributed by atoms with Gasteiger partial charge in [0.1, 0.15) is 29.5 Å². The highest BCUT2D eigenvalue weighted by molar-refractivity contribution is 7.23. The molecule has 0 radical (unpaired) electrons. The summed E-state index contributed by atoms with van der Waals surface area (Å²) < 4.78 is 7.11. The van der Waals surface area contributed by atoms with Crippen LogP contribution in [0.15, 0.2) is 36.0 Å². The number of rotatable bonds is 4. The quantitative estimate of drug-likeness (QED) is 0.381. The van der Waals surface area contributed by atoms with Crippen molar-refractivity contribution in [2.75, 3.05) is 12.3 Å². The molecule has 4 aromatic rings. The molecule has 0 amide bonds. The fourth-order valence-corrected chi connectivity index (χ4v) is 5.25. The lowest BCUT2D eigenvalue weighted by atomic mass is 10.1. The number of ether oxygens (including phenoxy) is 1. The van der Waals surface area contributed by atoms with E-state index in [0.717, 1.165) is 14.6 Å². The van der Waals surface area contributed by atoms with E-state index in [1.807, 2.05) is 23.6 Å². The van der Waals surface area contributed by atoms with Crippen LogP contribution in [0.3, 0.4) is 0 Å². The zero-order valence-corrected chi connectivity index (χ0v) is 16.5. The zero-order chi connectivity index (χ0) is 20.1. The molecule has 0 spiro atoms. The second-order valence-corrected chi connectivity index (χ2v) is 8.66. The molecule has 0 bridgehead atoms. The zero-order valence-electron chi connectivity index (χ0n) is 14.9. The van der Waals surface area contributed by atoms with E-state index in [1.54, 1.807) is 22.7 Å². The maximum absolute atomic E-state index is 10.3. The molecule has 5 rings (SSSR count). The van der Waals surface area contributed by atoms with Crippen LogP contribution >= 0.6 is 22.7 Å². The highest BCUT2D eigenvalue weighted by Crippen LogP contribution is 2.39.